The summed E-state index contributed by atoms with van der Waals surface area (Å²) in [5.74, 6) is 0.181. The fourth-order valence-corrected chi connectivity index (χ4v) is 2.10. The Balaban J connectivity index is 3.09. The van der Waals surface area contributed by atoms with E-state index < -0.39 is 6.10 Å². The van der Waals surface area contributed by atoms with Crippen molar-refractivity contribution in [2.75, 3.05) is 0 Å². The lowest BCUT2D eigenvalue weighted by atomic mass is 9.72. The molecule has 2 heteroatoms. The van der Waals surface area contributed by atoms with Crippen molar-refractivity contribution < 1.29 is 9.90 Å². The minimum atomic E-state index is -0.407. The topological polar surface area (TPSA) is 37.3 Å². The summed E-state index contributed by atoms with van der Waals surface area (Å²) in [6.45, 7) is 7.99. The fraction of sp³-hybridized carbons (Fsp3) is 0.615. The Morgan fingerprint density at radius 3 is 2.67 bits per heavy atom. The third-order valence-corrected chi connectivity index (χ3v) is 2.92. The number of hydrogen-bond acceptors (Lipinski definition) is 2. The molecule has 84 valence electrons. The van der Waals surface area contributed by atoms with Gasteiger partial charge in [0.05, 0.1) is 6.10 Å². The highest BCUT2D eigenvalue weighted by molar-refractivity contribution is 5.93. The van der Waals surface area contributed by atoms with Crippen molar-refractivity contribution in [3.8, 4) is 0 Å². The predicted octanol–water partition coefficient (Wildman–Crippen LogP) is 2.63. The summed E-state index contributed by atoms with van der Waals surface area (Å²) in [7, 11) is 0. The van der Waals surface area contributed by atoms with E-state index >= 15 is 0 Å². The van der Waals surface area contributed by atoms with E-state index in [4.69, 9.17) is 0 Å². The van der Waals surface area contributed by atoms with Crippen molar-refractivity contribution in [3.63, 3.8) is 0 Å². The Labute approximate surface area is 91.7 Å². The van der Waals surface area contributed by atoms with Crippen molar-refractivity contribution in [3.05, 3.63) is 23.3 Å². The molecule has 1 atom stereocenters. The molecule has 0 saturated heterocycles. The minimum Gasteiger partial charge on any atom is -0.389 e. The van der Waals surface area contributed by atoms with Crippen molar-refractivity contribution in [2.24, 2.45) is 5.41 Å². The normalized spacial score (nSPS) is 25.3. The first-order chi connectivity index (χ1) is 6.86. The summed E-state index contributed by atoms with van der Waals surface area (Å²) in [5, 5.41) is 9.64. The van der Waals surface area contributed by atoms with Gasteiger partial charge in [0.15, 0.2) is 5.78 Å². The zero-order chi connectivity index (χ0) is 11.6. The van der Waals surface area contributed by atoms with Crippen LogP contribution in [-0.4, -0.2) is 17.0 Å². The lowest BCUT2D eigenvalue weighted by Gasteiger charge is -2.32. The van der Waals surface area contributed by atoms with E-state index in [1.54, 1.807) is 6.08 Å². The Morgan fingerprint density at radius 1 is 1.60 bits per heavy atom. The van der Waals surface area contributed by atoms with Crippen LogP contribution in [0.1, 0.15) is 40.5 Å². The van der Waals surface area contributed by atoms with Gasteiger partial charge >= 0.3 is 0 Å². The molecule has 0 aliphatic heterocycles. The maximum atomic E-state index is 11.4. The third kappa shape index (κ3) is 2.78. The lowest BCUT2D eigenvalue weighted by molar-refractivity contribution is -0.116. The number of aliphatic hydroxyl groups excluding tert-OH is 1. The van der Waals surface area contributed by atoms with Crippen molar-refractivity contribution in [1.29, 1.82) is 0 Å². The summed E-state index contributed by atoms with van der Waals surface area (Å²) in [5.41, 5.74) is 1.95. The van der Waals surface area contributed by atoms with Gasteiger partial charge in [0.25, 0.3) is 0 Å². The number of aliphatic hydroxyl groups is 1. The summed E-state index contributed by atoms with van der Waals surface area (Å²) in [4.78, 5) is 11.4. The van der Waals surface area contributed by atoms with Gasteiger partial charge in [0.2, 0.25) is 0 Å². The molecule has 0 aromatic carbocycles. The van der Waals surface area contributed by atoms with Crippen molar-refractivity contribution in [1.82, 2.24) is 0 Å². The Morgan fingerprint density at radius 2 is 2.20 bits per heavy atom. The van der Waals surface area contributed by atoms with E-state index in [0.29, 0.717) is 12.8 Å². The number of ketones is 1. The van der Waals surface area contributed by atoms with Crippen LogP contribution in [-0.2, 0) is 4.79 Å². The zero-order valence-corrected chi connectivity index (χ0v) is 10.0. The molecule has 0 bridgehead atoms. The van der Waals surface area contributed by atoms with E-state index in [-0.39, 0.29) is 11.2 Å². The molecule has 0 spiro atoms. The molecule has 1 rings (SSSR count). The summed E-state index contributed by atoms with van der Waals surface area (Å²) >= 11 is 0. The average Bonchev–Trinajstić information content (AvgIpc) is 2.09. The molecule has 0 radical (unpaired) electrons. The Hall–Kier alpha value is -0.890. The molecule has 15 heavy (non-hydrogen) atoms. The maximum absolute atomic E-state index is 11.4. The number of carbonyl (C=O) groups is 1. The molecule has 1 N–H and O–H groups in total. The first-order valence-electron chi connectivity index (χ1n) is 5.48. The molecular weight excluding hydrogens is 188 g/mol. The van der Waals surface area contributed by atoms with Crippen LogP contribution in [0.15, 0.2) is 23.3 Å². The fourth-order valence-electron chi connectivity index (χ4n) is 2.10. The summed E-state index contributed by atoms with van der Waals surface area (Å²) in [6, 6.07) is 0. The molecule has 2 nitrogen and oxygen atoms in total. The maximum Gasteiger partial charge on any atom is 0.156 e. The van der Waals surface area contributed by atoms with Crippen molar-refractivity contribution >= 4 is 5.78 Å². The van der Waals surface area contributed by atoms with Gasteiger partial charge in [0.1, 0.15) is 0 Å². The Kier molecular flexibility index (Phi) is 3.50. The van der Waals surface area contributed by atoms with E-state index in [1.807, 2.05) is 19.9 Å². The molecule has 1 aliphatic carbocycles. The minimum absolute atomic E-state index is 0.147. The summed E-state index contributed by atoms with van der Waals surface area (Å²) < 4.78 is 0. The summed E-state index contributed by atoms with van der Waals surface area (Å²) in [6.07, 6.45) is 4.40. The van der Waals surface area contributed by atoms with Gasteiger partial charge in [-0.05, 0) is 36.0 Å². The first-order valence-corrected chi connectivity index (χ1v) is 5.48. The molecular formula is C13H20O2. The highest BCUT2D eigenvalue weighted by Crippen LogP contribution is 2.39. The van der Waals surface area contributed by atoms with Gasteiger partial charge in [0, 0.05) is 6.42 Å². The van der Waals surface area contributed by atoms with Crippen LogP contribution >= 0.6 is 0 Å². The van der Waals surface area contributed by atoms with Gasteiger partial charge in [-0.15, -0.1) is 0 Å². The van der Waals surface area contributed by atoms with Crippen LogP contribution in [0.3, 0.4) is 0 Å². The van der Waals surface area contributed by atoms with Crippen LogP contribution < -0.4 is 0 Å². The highest BCUT2D eigenvalue weighted by atomic mass is 16.3. The SMILES string of the molecule is CCC(O)/C=C1/C(C)=CC(=O)CC1(C)C. The van der Waals surface area contributed by atoms with Gasteiger partial charge in [-0.25, -0.2) is 0 Å². The van der Waals surface area contributed by atoms with E-state index in [2.05, 4.69) is 13.8 Å². The van der Waals surface area contributed by atoms with Crippen LogP contribution in [0.5, 0.6) is 0 Å². The molecule has 0 aromatic rings. The highest BCUT2D eigenvalue weighted by Gasteiger charge is 2.31. The largest absolute Gasteiger partial charge is 0.389 e. The van der Waals surface area contributed by atoms with E-state index in [9.17, 15) is 9.90 Å². The second-order valence-corrected chi connectivity index (χ2v) is 4.91. The van der Waals surface area contributed by atoms with Crippen LogP contribution in [0.2, 0.25) is 0 Å². The van der Waals surface area contributed by atoms with Gasteiger partial charge in [-0.3, -0.25) is 4.79 Å². The lowest BCUT2D eigenvalue weighted by Crippen LogP contribution is -2.25. The zero-order valence-electron chi connectivity index (χ0n) is 10.0. The molecule has 0 amide bonds. The molecule has 0 heterocycles. The number of carbonyl (C=O) groups excluding carboxylic acids is 1. The smallest absolute Gasteiger partial charge is 0.156 e. The van der Waals surface area contributed by atoms with Gasteiger partial charge in [-0.2, -0.15) is 0 Å². The third-order valence-electron chi connectivity index (χ3n) is 2.92. The molecule has 1 aliphatic rings. The second-order valence-electron chi connectivity index (χ2n) is 4.91. The van der Waals surface area contributed by atoms with E-state index in [0.717, 1.165) is 11.1 Å². The monoisotopic (exact) mass is 208 g/mol. The van der Waals surface area contributed by atoms with Crippen LogP contribution in [0.25, 0.3) is 0 Å². The number of allylic oxidation sites excluding steroid dienone is 3. The quantitative estimate of drug-likeness (QED) is 0.757. The Bertz CT molecular complexity index is 321. The van der Waals surface area contributed by atoms with Crippen LogP contribution in [0.4, 0.5) is 0 Å². The van der Waals surface area contributed by atoms with Crippen LogP contribution in [0, 0.1) is 5.41 Å². The molecule has 0 aromatic heterocycles. The molecule has 1 unspecified atom stereocenters. The van der Waals surface area contributed by atoms with Gasteiger partial charge in [-0.1, -0.05) is 26.8 Å². The van der Waals surface area contributed by atoms with E-state index in [1.165, 1.54) is 0 Å². The standard InChI is InChI=1S/C13H20O2/c1-5-10(14)7-12-9(2)6-11(15)8-13(12,3)4/h6-7,10,14H,5,8H2,1-4H3/b12-7-. The number of hydrogen-bond donors (Lipinski definition) is 1. The predicted molar refractivity (Wildman–Crippen MR) is 61.5 cm³/mol. The van der Waals surface area contributed by atoms with Crippen molar-refractivity contribution in [2.45, 2.75) is 46.6 Å². The average molecular weight is 208 g/mol. The molecule has 0 saturated carbocycles. The first kappa shape index (κ1) is 12.2. The molecule has 0 fully saturated rings. The second kappa shape index (κ2) is 4.31. The number of rotatable bonds is 2. The van der Waals surface area contributed by atoms with Gasteiger partial charge < -0.3 is 5.11 Å².